The largest absolute Gasteiger partial charge is 0.382 e. The van der Waals surface area contributed by atoms with E-state index >= 15 is 0 Å². The van der Waals surface area contributed by atoms with Gasteiger partial charge in [0.2, 0.25) is 5.91 Å². The van der Waals surface area contributed by atoms with Crippen molar-refractivity contribution in [3.63, 3.8) is 0 Å². The molecule has 2 fully saturated rings. The highest BCUT2D eigenvalue weighted by molar-refractivity contribution is 5.82. The number of nitrogens with two attached hydrogens (primary N) is 2. The van der Waals surface area contributed by atoms with Crippen LogP contribution in [0.25, 0.3) is 0 Å². The fraction of sp³-hybridized carbons (Fsp3) is 0.850. The number of amides is 1. The topological polar surface area (TPSA) is 108 Å². The lowest BCUT2D eigenvalue weighted by molar-refractivity contribution is -0.126. The molecule has 3 aliphatic rings. The summed E-state index contributed by atoms with van der Waals surface area (Å²) in [5.74, 6) is -0.742. The molecular formula is C20H37FN6O. The highest BCUT2D eigenvalue weighted by Crippen LogP contribution is 2.29. The third kappa shape index (κ3) is 5.23. The number of carbonyl (C=O) groups is 1. The molecule has 1 aliphatic carbocycles. The van der Waals surface area contributed by atoms with E-state index < -0.39 is 18.3 Å². The van der Waals surface area contributed by atoms with Crippen molar-refractivity contribution in [1.29, 1.82) is 0 Å². The second-order valence-corrected chi connectivity index (χ2v) is 8.67. The average molecular weight is 397 g/mol. The van der Waals surface area contributed by atoms with Gasteiger partial charge < -0.3 is 27.4 Å². The van der Waals surface area contributed by atoms with Crippen molar-refractivity contribution in [3.05, 3.63) is 11.8 Å². The normalized spacial score (nSPS) is 33.0. The van der Waals surface area contributed by atoms with Crippen molar-refractivity contribution >= 4 is 5.91 Å². The average Bonchev–Trinajstić information content (AvgIpc) is 3.37. The van der Waals surface area contributed by atoms with Gasteiger partial charge in [0.15, 0.2) is 0 Å². The molecule has 1 amide bonds. The Hall–Kier alpha value is -1.22. The summed E-state index contributed by atoms with van der Waals surface area (Å²) in [6.07, 6.45) is 5.40. The highest BCUT2D eigenvalue weighted by Gasteiger charge is 2.39. The Kier molecular flexibility index (Phi) is 7.31. The molecule has 1 saturated heterocycles. The SMILES string of the molecule is CCCC1NC(C(C(=O)NC2CNCN2C2CC2)C(N)N)=CC(C)CCC1F. The number of alkyl halides is 1. The van der Waals surface area contributed by atoms with Crippen LogP contribution in [0, 0.1) is 11.8 Å². The molecule has 160 valence electrons. The maximum atomic E-state index is 14.7. The Morgan fingerprint density at radius 3 is 2.75 bits per heavy atom. The summed E-state index contributed by atoms with van der Waals surface area (Å²) in [4.78, 5) is 15.5. The first-order valence-electron chi connectivity index (χ1n) is 10.8. The number of carbonyl (C=O) groups excluding carboxylic acids is 1. The highest BCUT2D eigenvalue weighted by atomic mass is 19.1. The van der Waals surface area contributed by atoms with Gasteiger partial charge in [0.1, 0.15) is 12.1 Å². The van der Waals surface area contributed by atoms with Gasteiger partial charge >= 0.3 is 0 Å². The summed E-state index contributed by atoms with van der Waals surface area (Å²) in [7, 11) is 0. The van der Waals surface area contributed by atoms with E-state index in [2.05, 4.69) is 20.9 Å². The molecule has 7 N–H and O–H groups in total. The quantitative estimate of drug-likeness (QED) is 0.406. The number of rotatable bonds is 7. The Labute approximate surface area is 167 Å². The maximum absolute atomic E-state index is 14.7. The molecule has 0 radical (unpaired) electrons. The van der Waals surface area contributed by atoms with Crippen LogP contribution >= 0.6 is 0 Å². The predicted octanol–water partition coefficient (Wildman–Crippen LogP) is 0.724. The summed E-state index contributed by atoms with van der Waals surface area (Å²) in [6.45, 7) is 5.58. The van der Waals surface area contributed by atoms with Crippen molar-refractivity contribution in [2.75, 3.05) is 13.2 Å². The van der Waals surface area contributed by atoms with E-state index in [-0.39, 0.29) is 24.0 Å². The Morgan fingerprint density at radius 1 is 1.36 bits per heavy atom. The van der Waals surface area contributed by atoms with Gasteiger partial charge in [-0.05, 0) is 38.0 Å². The molecule has 8 heteroatoms. The number of allylic oxidation sites excluding steroid dienone is 1. The first kappa shape index (κ1) is 21.5. The molecule has 7 nitrogen and oxygen atoms in total. The smallest absolute Gasteiger partial charge is 0.233 e. The van der Waals surface area contributed by atoms with Crippen molar-refractivity contribution in [1.82, 2.24) is 20.9 Å². The molecule has 0 aromatic heterocycles. The van der Waals surface area contributed by atoms with Gasteiger partial charge in [0.25, 0.3) is 0 Å². The number of hydrogen-bond acceptors (Lipinski definition) is 6. The molecule has 0 aromatic carbocycles. The number of nitrogens with one attached hydrogen (secondary N) is 3. The van der Waals surface area contributed by atoms with Crippen LogP contribution in [0.4, 0.5) is 4.39 Å². The van der Waals surface area contributed by atoms with E-state index in [0.717, 1.165) is 19.5 Å². The molecule has 3 rings (SSSR count). The zero-order valence-electron chi connectivity index (χ0n) is 17.2. The van der Waals surface area contributed by atoms with Gasteiger partial charge in [0, 0.05) is 18.3 Å². The number of hydrogen-bond donors (Lipinski definition) is 5. The van der Waals surface area contributed by atoms with Crippen molar-refractivity contribution < 1.29 is 9.18 Å². The monoisotopic (exact) mass is 396 g/mol. The Bertz CT molecular complexity index is 567. The summed E-state index contributed by atoms with van der Waals surface area (Å²) in [5, 5.41) is 9.76. The van der Waals surface area contributed by atoms with Crippen molar-refractivity contribution in [2.45, 2.75) is 83.0 Å². The van der Waals surface area contributed by atoms with E-state index in [1.807, 2.05) is 19.9 Å². The lowest BCUT2D eigenvalue weighted by Gasteiger charge is -2.34. The third-order valence-electron chi connectivity index (χ3n) is 6.11. The molecule has 2 aliphatic heterocycles. The predicted molar refractivity (Wildman–Crippen MR) is 109 cm³/mol. The summed E-state index contributed by atoms with van der Waals surface area (Å²) in [5.41, 5.74) is 12.8. The summed E-state index contributed by atoms with van der Waals surface area (Å²) < 4.78 is 14.7. The lowest BCUT2D eigenvalue weighted by atomic mass is 9.89. The standard InChI is InChI=1S/C20H37FN6O/c1-3-4-15-14(21)8-5-12(2)9-16(25-15)18(19(22)23)20(28)26-17-10-24-11-27(17)13-6-7-13/h9,12-15,17-19,24-25H,3-8,10-11,22-23H2,1-2H3,(H,26,28). The Morgan fingerprint density at radius 2 is 2.11 bits per heavy atom. The van der Waals surface area contributed by atoms with Crippen LogP contribution in [0.5, 0.6) is 0 Å². The molecule has 5 unspecified atom stereocenters. The fourth-order valence-electron chi connectivity index (χ4n) is 4.38. The third-order valence-corrected chi connectivity index (χ3v) is 6.11. The van der Waals surface area contributed by atoms with Crippen molar-refractivity contribution in [3.8, 4) is 0 Å². The first-order valence-corrected chi connectivity index (χ1v) is 10.8. The van der Waals surface area contributed by atoms with E-state index in [9.17, 15) is 9.18 Å². The molecule has 2 heterocycles. The minimum absolute atomic E-state index is 0.0480. The summed E-state index contributed by atoms with van der Waals surface area (Å²) in [6, 6.07) is 0.235. The van der Waals surface area contributed by atoms with Crippen LogP contribution in [0.3, 0.4) is 0 Å². The zero-order chi connectivity index (χ0) is 20.3. The molecule has 0 aromatic rings. The lowest BCUT2D eigenvalue weighted by Crippen LogP contribution is -2.56. The fourth-order valence-corrected chi connectivity index (χ4v) is 4.38. The van der Waals surface area contributed by atoms with Crippen LogP contribution in [-0.2, 0) is 4.79 Å². The summed E-state index contributed by atoms with van der Waals surface area (Å²) >= 11 is 0. The molecular weight excluding hydrogens is 359 g/mol. The molecule has 0 spiro atoms. The second-order valence-electron chi connectivity index (χ2n) is 8.67. The van der Waals surface area contributed by atoms with E-state index in [1.54, 1.807) is 0 Å². The van der Waals surface area contributed by atoms with Crippen LogP contribution in [0.2, 0.25) is 0 Å². The molecule has 5 atom stereocenters. The van der Waals surface area contributed by atoms with Crippen molar-refractivity contribution in [2.24, 2.45) is 23.3 Å². The molecule has 1 saturated carbocycles. The van der Waals surface area contributed by atoms with Gasteiger partial charge in [-0.2, -0.15) is 0 Å². The van der Waals surface area contributed by atoms with Gasteiger partial charge in [0.05, 0.1) is 25.0 Å². The minimum Gasteiger partial charge on any atom is -0.382 e. The van der Waals surface area contributed by atoms with Gasteiger partial charge in [-0.3, -0.25) is 9.69 Å². The van der Waals surface area contributed by atoms with Crippen LogP contribution < -0.4 is 27.4 Å². The van der Waals surface area contributed by atoms with Crippen LogP contribution in [0.1, 0.15) is 52.4 Å². The van der Waals surface area contributed by atoms with Gasteiger partial charge in [-0.25, -0.2) is 4.39 Å². The van der Waals surface area contributed by atoms with Crippen LogP contribution in [-0.4, -0.2) is 54.6 Å². The number of halogens is 1. The van der Waals surface area contributed by atoms with E-state index in [0.29, 0.717) is 31.1 Å². The zero-order valence-corrected chi connectivity index (χ0v) is 17.2. The maximum Gasteiger partial charge on any atom is 0.233 e. The molecule has 0 bridgehead atoms. The van der Waals surface area contributed by atoms with E-state index in [4.69, 9.17) is 11.5 Å². The second kappa shape index (κ2) is 9.52. The minimum atomic E-state index is -0.937. The first-order chi connectivity index (χ1) is 13.4. The Balaban J connectivity index is 1.76. The van der Waals surface area contributed by atoms with E-state index in [1.165, 1.54) is 12.8 Å². The molecule has 28 heavy (non-hydrogen) atoms. The van der Waals surface area contributed by atoms with Gasteiger partial charge in [-0.15, -0.1) is 0 Å². The van der Waals surface area contributed by atoms with Crippen LogP contribution in [0.15, 0.2) is 11.8 Å². The number of nitrogens with zero attached hydrogens (tertiary/aromatic N) is 1. The van der Waals surface area contributed by atoms with Gasteiger partial charge in [-0.1, -0.05) is 26.3 Å².